The van der Waals surface area contributed by atoms with Gasteiger partial charge in [-0.1, -0.05) is 25.8 Å². The highest BCUT2D eigenvalue weighted by Crippen LogP contribution is 2.35. The van der Waals surface area contributed by atoms with Crippen LogP contribution in [0.2, 0.25) is 0 Å². The van der Waals surface area contributed by atoms with Crippen LogP contribution in [-0.2, 0) is 13.0 Å². The Labute approximate surface area is 167 Å². The highest BCUT2D eigenvalue weighted by atomic mass is 19.1. The number of pyridine rings is 1. The Bertz CT molecular complexity index is 1160. The summed E-state index contributed by atoms with van der Waals surface area (Å²) in [6.07, 6.45) is 10.8. The van der Waals surface area contributed by atoms with E-state index < -0.39 is 5.95 Å². The second kappa shape index (κ2) is 7.35. The smallest absolute Gasteiger partial charge is 0.213 e. The molecule has 0 aliphatic heterocycles. The molecule has 4 aromatic rings. The van der Waals surface area contributed by atoms with Gasteiger partial charge in [-0.25, -0.2) is 24.5 Å². The number of nitrogens with zero attached hydrogens (tertiary/aromatic N) is 7. The lowest BCUT2D eigenvalue weighted by molar-refractivity contribution is 0.401. The van der Waals surface area contributed by atoms with Crippen LogP contribution in [0.3, 0.4) is 0 Å². The molecule has 1 aliphatic carbocycles. The summed E-state index contributed by atoms with van der Waals surface area (Å²) >= 11 is 0. The van der Waals surface area contributed by atoms with Crippen molar-refractivity contribution in [1.29, 1.82) is 0 Å². The Kier molecular flexibility index (Phi) is 4.54. The fraction of sp³-hybridized carbons (Fsp3) is 0.381. The molecule has 8 heteroatoms. The Morgan fingerprint density at radius 3 is 2.83 bits per heavy atom. The Morgan fingerprint density at radius 2 is 2.07 bits per heavy atom. The van der Waals surface area contributed by atoms with Gasteiger partial charge in [-0.05, 0) is 31.4 Å². The standard InChI is InChI=1S/C21H22FN7/c1-2-5-15-17(24-13-29-20(15)26-19(27-29)14-6-3-7-14)12-28-11-10-23-21(28)16-8-4-9-18(22)25-16/h4,8-11,13-14H,2-3,5-7,12H2,1H3. The molecule has 0 bridgehead atoms. The maximum absolute atomic E-state index is 13.6. The molecule has 5 rings (SSSR count). The molecular formula is C21H22FN7. The van der Waals surface area contributed by atoms with Gasteiger partial charge in [-0.3, -0.25) is 0 Å². The van der Waals surface area contributed by atoms with Crippen molar-refractivity contribution < 1.29 is 4.39 Å². The molecule has 4 aromatic heterocycles. The number of imidazole rings is 1. The molecule has 0 saturated heterocycles. The van der Waals surface area contributed by atoms with E-state index >= 15 is 0 Å². The minimum absolute atomic E-state index is 0.479. The number of hydrogen-bond donors (Lipinski definition) is 0. The van der Waals surface area contributed by atoms with Gasteiger partial charge in [0.2, 0.25) is 5.95 Å². The summed E-state index contributed by atoms with van der Waals surface area (Å²) in [7, 11) is 0. The van der Waals surface area contributed by atoms with Crippen LogP contribution in [0, 0.1) is 5.95 Å². The third-order valence-electron chi connectivity index (χ3n) is 5.54. The second-order valence-electron chi connectivity index (χ2n) is 7.51. The van der Waals surface area contributed by atoms with Crippen molar-refractivity contribution in [3.05, 3.63) is 59.9 Å². The van der Waals surface area contributed by atoms with Crippen molar-refractivity contribution >= 4 is 5.65 Å². The lowest BCUT2D eigenvalue weighted by Crippen LogP contribution is -2.10. The van der Waals surface area contributed by atoms with Crippen molar-refractivity contribution in [2.45, 2.75) is 51.5 Å². The molecular weight excluding hydrogens is 369 g/mol. The van der Waals surface area contributed by atoms with Crippen LogP contribution in [0.1, 0.15) is 55.6 Å². The number of halogens is 1. The summed E-state index contributed by atoms with van der Waals surface area (Å²) in [5, 5.41) is 4.66. The predicted molar refractivity (Wildman–Crippen MR) is 106 cm³/mol. The maximum Gasteiger partial charge on any atom is 0.213 e. The van der Waals surface area contributed by atoms with Crippen molar-refractivity contribution in [2.75, 3.05) is 0 Å². The van der Waals surface area contributed by atoms with Crippen LogP contribution in [0.5, 0.6) is 0 Å². The molecule has 148 valence electrons. The molecule has 0 atom stereocenters. The van der Waals surface area contributed by atoms with E-state index in [1.807, 2.05) is 15.3 Å². The first kappa shape index (κ1) is 17.9. The number of fused-ring (bicyclic) bond motifs is 1. The third-order valence-corrected chi connectivity index (χ3v) is 5.54. The summed E-state index contributed by atoms with van der Waals surface area (Å²) < 4.78 is 17.3. The Morgan fingerprint density at radius 1 is 1.17 bits per heavy atom. The molecule has 1 saturated carbocycles. The average Bonchev–Trinajstić information content (AvgIpc) is 3.29. The topological polar surface area (TPSA) is 73.8 Å². The van der Waals surface area contributed by atoms with Crippen LogP contribution >= 0.6 is 0 Å². The van der Waals surface area contributed by atoms with Gasteiger partial charge in [0, 0.05) is 23.9 Å². The summed E-state index contributed by atoms with van der Waals surface area (Å²) in [4.78, 5) is 17.9. The predicted octanol–water partition coefficient (Wildman–Crippen LogP) is 3.79. The van der Waals surface area contributed by atoms with Crippen molar-refractivity contribution in [2.24, 2.45) is 0 Å². The van der Waals surface area contributed by atoms with Crippen LogP contribution in [0.4, 0.5) is 4.39 Å². The van der Waals surface area contributed by atoms with E-state index in [-0.39, 0.29) is 0 Å². The van der Waals surface area contributed by atoms with Gasteiger partial charge in [0.15, 0.2) is 17.3 Å². The molecule has 7 nitrogen and oxygen atoms in total. The van der Waals surface area contributed by atoms with Gasteiger partial charge >= 0.3 is 0 Å². The molecule has 1 fully saturated rings. The summed E-state index contributed by atoms with van der Waals surface area (Å²) in [6, 6.07) is 4.73. The molecule has 1 aliphatic rings. The summed E-state index contributed by atoms with van der Waals surface area (Å²) in [5.41, 5.74) is 3.44. The first-order valence-corrected chi connectivity index (χ1v) is 10.1. The minimum Gasteiger partial charge on any atom is -0.324 e. The van der Waals surface area contributed by atoms with Gasteiger partial charge in [0.25, 0.3) is 0 Å². The first-order valence-electron chi connectivity index (χ1n) is 10.1. The minimum atomic E-state index is -0.518. The van der Waals surface area contributed by atoms with E-state index in [1.54, 1.807) is 24.7 Å². The molecule has 29 heavy (non-hydrogen) atoms. The maximum atomic E-state index is 13.6. The van der Waals surface area contributed by atoms with Gasteiger partial charge in [-0.2, -0.15) is 4.39 Å². The molecule has 0 N–H and O–H groups in total. The van der Waals surface area contributed by atoms with Gasteiger partial charge in [0.05, 0.1) is 12.2 Å². The van der Waals surface area contributed by atoms with E-state index in [1.165, 1.54) is 25.3 Å². The first-order chi connectivity index (χ1) is 14.2. The molecule has 4 heterocycles. The van der Waals surface area contributed by atoms with Gasteiger partial charge < -0.3 is 4.57 Å². The Balaban J connectivity index is 1.54. The SMILES string of the molecule is CCCc1c(Cn2ccnc2-c2cccc(F)n2)ncn2nc(C3CCC3)nc12. The zero-order chi connectivity index (χ0) is 19.8. The monoisotopic (exact) mass is 391 g/mol. The van der Waals surface area contributed by atoms with Crippen LogP contribution < -0.4 is 0 Å². The normalized spacial score (nSPS) is 14.4. The molecule has 0 amide bonds. The highest BCUT2D eigenvalue weighted by Gasteiger charge is 2.25. The van der Waals surface area contributed by atoms with E-state index in [4.69, 9.17) is 4.98 Å². The zero-order valence-corrected chi connectivity index (χ0v) is 16.3. The zero-order valence-electron chi connectivity index (χ0n) is 16.3. The highest BCUT2D eigenvalue weighted by molar-refractivity contribution is 5.52. The second-order valence-corrected chi connectivity index (χ2v) is 7.51. The lowest BCUT2D eigenvalue weighted by Gasteiger charge is -2.21. The fourth-order valence-corrected chi connectivity index (χ4v) is 3.80. The van der Waals surface area contributed by atoms with Crippen LogP contribution in [0.15, 0.2) is 36.9 Å². The molecule has 0 radical (unpaired) electrons. The summed E-state index contributed by atoms with van der Waals surface area (Å²) in [6.45, 7) is 2.67. The molecule has 0 unspecified atom stereocenters. The van der Waals surface area contributed by atoms with E-state index in [0.717, 1.165) is 35.6 Å². The van der Waals surface area contributed by atoms with Crippen LogP contribution in [0.25, 0.3) is 17.2 Å². The molecule has 0 spiro atoms. The number of hydrogen-bond acceptors (Lipinski definition) is 5. The lowest BCUT2D eigenvalue weighted by atomic mass is 9.85. The largest absolute Gasteiger partial charge is 0.324 e. The molecule has 0 aromatic carbocycles. The average molecular weight is 391 g/mol. The van der Waals surface area contributed by atoms with Gasteiger partial charge in [-0.15, -0.1) is 5.10 Å². The van der Waals surface area contributed by atoms with Crippen molar-refractivity contribution in [3.63, 3.8) is 0 Å². The van der Waals surface area contributed by atoms with E-state index in [9.17, 15) is 4.39 Å². The number of rotatable bonds is 6. The number of aryl methyl sites for hydroxylation is 1. The van der Waals surface area contributed by atoms with E-state index in [0.29, 0.717) is 24.0 Å². The summed E-state index contributed by atoms with van der Waals surface area (Å²) in [5.74, 6) is 1.51. The van der Waals surface area contributed by atoms with Crippen molar-refractivity contribution in [1.82, 2.24) is 34.1 Å². The third kappa shape index (κ3) is 3.28. The quantitative estimate of drug-likeness (QED) is 0.468. The van der Waals surface area contributed by atoms with Crippen LogP contribution in [-0.4, -0.2) is 34.1 Å². The number of aromatic nitrogens is 7. The fourth-order valence-electron chi connectivity index (χ4n) is 3.80. The van der Waals surface area contributed by atoms with E-state index in [2.05, 4.69) is 27.0 Å². The van der Waals surface area contributed by atoms with Gasteiger partial charge in [0.1, 0.15) is 12.0 Å². The Hall–Kier alpha value is -3.16. The van der Waals surface area contributed by atoms with Crippen molar-refractivity contribution in [3.8, 4) is 11.5 Å².